The van der Waals surface area contributed by atoms with E-state index in [1.54, 1.807) is 0 Å². The molecule has 1 rings (SSSR count). The van der Waals surface area contributed by atoms with E-state index in [0.717, 1.165) is 96.7 Å². The molecule has 320 valence electrons. The second-order valence-corrected chi connectivity index (χ2v) is 16.4. The van der Waals surface area contributed by atoms with Crippen LogP contribution in [0, 0.1) is 0 Å². The molecule has 0 aromatic heterocycles. The van der Waals surface area contributed by atoms with E-state index in [2.05, 4.69) is 25.7 Å². The highest BCUT2D eigenvalue weighted by molar-refractivity contribution is 5.69. The predicted octanol–water partition coefficient (Wildman–Crippen LogP) is 12.0. The van der Waals surface area contributed by atoms with Gasteiger partial charge >= 0.3 is 11.9 Å². The number of epoxide rings is 1. The molecule has 0 aromatic rings. The smallest absolute Gasteiger partial charge is 0.306 e. The molecule has 1 fully saturated rings. The lowest BCUT2D eigenvalue weighted by molar-refractivity contribution is -0.150. The van der Waals surface area contributed by atoms with Crippen LogP contribution >= 0.6 is 0 Å². The molecule has 0 radical (unpaired) electrons. The van der Waals surface area contributed by atoms with Crippen molar-refractivity contribution < 1.29 is 33.6 Å². The minimum Gasteiger partial charge on any atom is -0.466 e. The molecule has 1 aliphatic rings. The molecule has 8 heteroatoms. The summed E-state index contributed by atoms with van der Waals surface area (Å²) in [7, 11) is 0. The Kier molecular flexibility index (Phi) is 35.1. The summed E-state index contributed by atoms with van der Waals surface area (Å²) in [6, 6.07) is 0. The normalized spacial score (nSPS) is 16.0. The first-order valence-corrected chi connectivity index (χ1v) is 23.4. The van der Waals surface area contributed by atoms with Crippen LogP contribution in [0.1, 0.15) is 227 Å². The van der Waals surface area contributed by atoms with Gasteiger partial charge in [-0.3, -0.25) is 9.59 Å². The molecule has 0 aliphatic carbocycles. The van der Waals surface area contributed by atoms with Gasteiger partial charge in [-0.05, 0) is 84.2 Å². The largest absolute Gasteiger partial charge is 0.466 e. The van der Waals surface area contributed by atoms with E-state index in [4.69, 9.17) is 18.9 Å². The van der Waals surface area contributed by atoms with Gasteiger partial charge in [0.25, 0.3) is 0 Å². The summed E-state index contributed by atoms with van der Waals surface area (Å²) >= 11 is 0. The van der Waals surface area contributed by atoms with E-state index in [1.807, 2.05) is 0 Å². The molecule has 0 spiro atoms. The Labute approximate surface area is 333 Å². The number of carbonyl (C=O) groups is 2. The molecule has 54 heavy (non-hydrogen) atoms. The van der Waals surface area contributed by atoms with Crippen molar-refractivity contribution in [2.45, 2.75) is 251 Å². The third kappa shape index (κ3) is 33.0. The Balaban J connectivity index is 2.07. The first-order chi connectivity index (χ1) is 26.4. The zero-order valence-corrected chi connectivity index (χ0v) is 36.1. The Morgan fingerprint density at radius 2 is 1.13 bits per heavy atom. The maximum Gasteiger partial charge on any atom is 0.306 e. The lowest BCUT2D eigenvalue weighted by atomic mass is 10.0. The van der Waals surface area contributed by atoms with Gasteiger partial charge < -0.3 is 29.0 Å². The summed E-state index contributed by atoms with van der Waals surface area (Å²) in [5.74, 6) is -0.171. The van der Waals surface area contributed by atoms with Gasteiger partial charge in [0.1, 0.15) is 12.2 Å². The molecule has 3 unspecified atom stereocenters. The van der Waals surface area contributed by atoms with Crippen molar-refractivity contribution in [2.24, 2.45) is 0 Å². The number of nitrogens with zero attached hydrogens (tertiary/aromatic N) is 1. The molecule has 0 bridgehead atoms. The quantitative estimate of drug-likeness (QED) is 0.0372. The van der Waals surface area contributed by atoms with Crippen LogP contribution in [0.5, 0.6) is 0 Å². The number of aliphatic hydroxyl groups is 1. The minimum atomic E-state index is -0.186. The van der Waals surface area contributed by atoms with Gasteiger partial charge in [-0.25, -0.2) is 0 Å². The van der Waals surface area contributed by atoms with Gasteiger partial charge in [-0.1, -0.05) is 142 Å². The molecule has 1 aliphatic heterocycles. The van der Waals surface area contributed by atoms with Gasteiger partial charge in [0.15, 0.2) is 6.29 Å². The molecule has 0 amide bonds. The summed E-state index contributed by atoms with van der Waals surface area (Å²) in [4.78, 5) is 25.9. The standard InChI is InChI=1S/C46H89NO7/c1-5-7-9-11-17-24-32-43(33-25-18-12-10-8-6-2)53-45(50)35-27-19-15-20-28-36-47(38-39-48)37-29-22-26-34-44-46(54-44)52-41(3)31-23-16-13-14-21-30-40-51-42(4)49/h41,43-44,46,48H,5-40H2,1-4H3. The third-order valence-corrected chi connectivity index (χ3v) is 11.0. The number of rotatable bonds is 42. The van der Waals surface area contributed by atoms with Crippen LogP contribution in [-0.2, 0) is 28.5 Å². The van der Waals surface area contributed by atoms with Crippen molar-refractivity contribution in [1.82, 2.24) is 4.90 Å². The fraction of sp³-hybridized carbons (Fsp3) is 0.957. The number of unbranched alkanes of at least 4 members (excludes halogenated alkanes) is 21. The van der Waals surface area contributed by atoms with E-state index in [1.165, 1.54) is 122 Å². The Hall–Kier alpha value is -1.22. The van der Waals surface area contributed by atoms with Crippen LogP contribution in [0.15, 0.2) is 0 Å². The highest BCUT2D eigenvalue weighted by Crippen LogP contribution is 2.30. The van der Waals surface area contributed by atoms with Crippen LogP contribution in [-0.4, -0.2) is 79.4 Å². The number of aliphatic hydroxyl groups excluding tert-OH is 1. The second-order valence-electron chi connectivity index (χ2n) is 16.4. The van der Waals surface area contributed by atoms with Crippen molar-refractivity contribution in [3.05, 3.63) is 0 Å². The molecule has 1 N–H and O–H groups in total. The Morgan fingerprint density at radius 3 is 1.70 bits per heavy atom. The summed E-state index contributed by atoms with van der Waals surface area (Å²) < 4.78 is 22.9. The van der Waals surface area contributed by atoms with E-state index in [0.29, 0.717) is 13.0 Å². The number of hydrogen-bond acceptors (Lipinski definition) is 8. The summed E-state index contributed by atoms with van der Waals surface area (Å²) in [6.45, 7) is 11.7. The van der Waals surface area contributed by atoms with Gasteiger partial charge in [0.2, 0.25) is 0 Å². The van der Waals surface area contributed by atoms with Crippen LogP contribution in [0.4, 0.5) is 0 Å². The fourth-order valence-corrected chi connectivity index (χ4v) is 7.49. The molecular weight excluding hydrogens is 679 g/mol. The average Bonchev–Trinajstić information content (AvgIpc) is 3.89. The first kappa shape index (κ1) is 50.8. The van der Waals surface area contributed by atoms with Crippen molar-refractivity contribution >= 4 is 11.9 Å². The van der Waals surface area contributed by atoms with Crippen LogP contribution in [0.2, 0.25) is 0 Å². The average molecular weight is 768 g/mol. The molecule has 8 nitrogen and oxygen atoms in total. The van der Waals surface area contributed by atoms with Crippen LogP contribution < -0.4 is 0 Å². The number of esters is 2. The first-order valence-electron chi connectivity index (χ1n) is 23.4. The second kappa shape index (κ2) is 37.4. The van der Waals surface area contributed by atoms with Crippen molar-refractivity contribution in [3.63, 3.8) is 0 Å². The zero-order valence-electron chi connectivity index (χ0n) is 36.1. The van der Waals surface area contributed by atoms with E-state index >= 15 is 0 Å². The summed E-state index contributed by atoms with van der Waals surface area (Å²) in [5.41, 5.74) is 0. The molecule has 0 aromatic carbocycles. The molecule has 0 saturated carbocycles. The highest BCUT2D eigenvalue weighted by Gasteiger charge is 2.40. The maximum atomic E-state index is 12.7. The lowest BCUT2D eigenvalue weighted by Crippen LogP contribution is -2.29. The van der Waals surface area contributed by atoms with Gasteiger partial charge in [0, 0.05) is 19.9 Å². The predicted molar refractivity (Wildman–Crippen MR) is 224 cm³/mol. The summed E-state index contributed by atoms with van der Waals surface area (Å²) in [5, 5.41) is 9.60. The Bertz CT molecular complexity index is 826. The third-order valence-electron chi connectivity index (χ3n) is 11.0. The summed E-state index contributed by atoms with van der Waals surface area (Å²) in [6.07, 6.45) is 36.7. The Morgan fingerprint density at radius 1 is 0.630 bits per heavy atom. The minimum absolute atomic E-state index is 0.0143. The van der Waals surface area contributed by atoms with E-state index in [9.17, 15) is 14.7 Å². The SMILES string of the molecule is CCCCCCCCC(CCCCCCCC)OC(=O)CCCCCCCN(CCO)CCCCCC1OC1OC(C)CCCCCCCCOC(C)=O. The maximum absolute atomic E-state index is 12.7. The van der Waals surface area contributed by atoms with Crippen molar-refractivity contribution in [2.75, 3.05) is 32.8 Å². The van der Waals surface area contributed by atoms with Crippen LogP contribution in [0.25, 0.3) is 0 Å². The monoisotopic (exact) mass is 768 g/mol. The molecule has 1 heterocycles. The lowest BCUT2D eigenvalue weighted by Gasteiger charge is -2.21. The fourth-order valence-electron chi connectivity index (χ4n) is 7.49. The molecule has 1 saturated heterocycles. The van der Waals surface area contributed by atoms with Crippen LogP contribution in [0.3, 0.4) is 0 Å². The number of ether oxygens (including phenoxy) is 4. The van der Waals surface area contributed by atoms with Gasteiger partial charge in [-0.2, -0.15) is 0 Å². The van der Waals surface area contributed by atoms with E-state index < -0.39 is 0 Å². The number of carbonyl (C=O) groups excluding carboxylic acids is 2. The van der Waals surface area contributed by atoms with Gasteiger partial charge in [-0.15, -0.1) is 0 Å². The highest BCUT2D eigenvalue weighted by atomic mass is 16.8. The zero-order chi connectivity index (χ0) is 39.3. The van der Waals surface area contributed by atoms with Gasteiger partial charge in [0.05, 0.1) is 19.3 Å². The number of hydrogen-bond donors (Lipinski definition) is 1. The molecule has 3 atom stereocenters. The van der Waals surface area contributed by atoms with E-state index in [-0.39, 0.29) is 43.1 Å². The molecular formula is C46H89NO7. The van der Waals surface area contributed by atoms with Crippen molar-refractivity contribution in [1.29, 1.82) is 0 Å². The topological polar surface area (TPSA) is 97.8 Å². The van der Waals surface area contributed by atoms with Crippen molar-refractivity contribution in [3.8, 4) is 0 Å².